The molecular weight excluding hydrogens is 433 g/mol. The lowest BCUT2D eigenvalue weighted by atomic mass is 10.0. The molecule has 3 N–H and O–H groups in total. The topological polar surface area (TPSA) is 120 Å². The van der Waals surface area contributed by atoms with Crippen LogP contribution in [0.25, 0.3) is 11.0 Å². The van der Waals surface area contributed by atoms with Crippen LogP contribution in [-0.4, -0.2) is 52.5 Å². The molecule has 1 aromatic carbocycles. The van der Waals surface area contributed by atoms with Gasteiger partial charge in [-0.3, -0.25) is 19.6 Å². The van der Waals surface area contributed by atoms with Crippen LogP contribution in [0.5, 0.6) is 5.75 Å². The number of ether oxygens (including phenoxy) is 1. The van der Waals surface area contributed by atoms with Crippen molar-refractivity contribution in [2.24, 2.45) is 0 Å². The highest BCUT2D eigenvalue weighted by atomic mass is 35.5. The molecule has 1 saturated heterocycles. The van der Waals surface area contributed by atoms with Crippen molar-refractivity contribution in [3.63, 3.8) is 0 Å². The monoisotopic (exact) mass is 453 g/mol. The molecule has 11 heteroatoms. The zero-order valence-corrected chi connectivity index (χ0v) is 17.6. The molecule has 0 saturated carbocycles. The number of hydrogen-bond acceptors (Lipinski definition) is 6. The van der Waals surface area contributed by atoms with Gasteiger partial charge in [-0.25, -0.2) is 9.78 Å². The number of methoxy groups -OCH3 is 1. The molecule has 4 rings (SSSR count). The van der Waals surface area contributed by atoms with E-state index in [-0.39, 0.29) is 53.4 Å². The molecule has 3 aromatic rings. The predicted molar refractivity (Wildman–Crippen MR) is 117 cm³/mol. The lowest BCUT2D eigenvalue weighted by Gasteiger charge is -2.37. The molecule has 0 aliphatic carbocycles. The van der Waals surface area contributed by atoms with Gasteiger partial charge in [0.05, 0.1) is 24.1 Å². The second kappa shape index (κ2) is 9.75. The molecule has 1 aliphatic rings. The zero-order valence-electron chi connectivity index (χ0n) is 16.0. The molecule has 1 amide bonds. The van der Waals surface area contributed by atoms with E-state index in [0.717, 1.165) is 5.56 Å². The van der Waals surface area contributed by atoms with Gasteiger partial charge in [0.25, 0.3) is 11.5 Å². The normalized spacial score (nSPS) is 15.8. The van der Waals surface area contributed by atoms with Crippen LogP contribution in [0.1, 0.15) is 22.0 Å². The standard InChI is InChI=1S/C19H19N5O4.2ClH/c1-28-15-5-3-2-4-12(15)14-10-20-6-7-24(14)18(26)11-8-13-16(21-9-11)22-19(27)23-17(13)25;;/h2-5,8-9,14,20H,6-7,10H2,1H3,(H2,21,22,23,25,27);2*1H. The van der Waals surface area contributed by atoms with Gasteiger partial charge in [0.2, 0.25) is 0 Å². The first kappa shape index (κ1) is 23.4. The molecule has 2 aromatic heterocycles. The van der Waals surface area contributed by atoms with Gasteiger partial charge in [-0.05, 0) is 12.1 Å². The number of carbonyl (C=O) groups is 1. The second-order valence-corrected chi connectivity index (χ2v) is 6.49. The van der Waals surface area contributed by atoms with E-state index in [1.807, 2.05) is 24.3 Å². The summed E-state index contributed by atoms with van der Waals surface area (Å²) < 4.78 is 5.46. The number of carbonyl (C=O) groups excluding carboxylic acids is 1. The number of fused-ring (bicyclic) bond motifs is 1. The summed E-state index contributed by atoms with van der Waals surface area (Å²) in [5, 5.41) is 3.47. The number of pyridine rings is 1. The Hall–Kier alpha value is -2.88. The number of H-pyrrole nitrogens is 2. The number of nitrogens with one attached hydrogen (secondary N) is 3. The van der Waals surface area contributed by atoms with Gasteiger partial charge >= 0.3 is 5.69 Å². The highest BCUT2D eigenvalue weighted by Gasteiger charge is 2.30. The van der Waals surface area contributed by atoms with E-state index in [0.29, 0.717) is 25.4 Å². The molecule has 3 heterocycles. The number of rotatable bonds is 3. The number of benzene rings is 1. The molecule has 0 spiro atoms. The Morgan fingerprint density at radius 3 is 2.73 bits per heavy atom. The Labute approximate surface area is 183 Å². The molecule has 9 nitrogen and oxygen atoms in total. The number of aromatic nitrogens is 3. The van der Waals surface area contributed by atoms with Gasteiger partial charge in [-0.15, -0.1) is 24.8 Å². The summed E-state index contributed by atoms with van der Waals surface area (Å²) in [6.45, 7) is 1.74. The minimum absolute atomic E-state index is 0. The van der Waals surface area contributed by atoms with Crippen LogP contribution < -0.4 is 21.3 Å². The smallest absolute Gasteiger partial charge is 0.327 e. The number of para-hydroxylation sites is 1. The van der Waals surface area contributed by atoms with E-state index < -0.39 is 11.2 Å². The number of halogens is 2. The van der Waals surface area contributed by atoms with E-state index in [4.69, 9.17) is 4.74 Å². The first-order chi connectivity index (χ1) is 13.6. The molecule has 1 fully saturated rings. The SMILES string of the molecule is COc1ccccc1C1CNCCN1C(=O)c1cnc2[nH]c(=O)[nH]c(=O)c2c1.Cl.Cl. The molecule has 160 valence electrons. The van der Waals surface area contributed by atoms with E-state index >= 15 is 0 Å². The summed E-state index contributed by atoms with van der Waals surface area (Å²) in [7, 11) is 1.60. The van der Waals surface area contributed by atoms with Gasteiger partial charge in [-0.1, -0.05) is 18.2 Å². The van der Waals surface area contributed by atoms with Crippen LogP contribution in [0.3, 0.4) is 0 Å². The Kier molecular flexibility index (Phi) is 7.60. The molecule has 0 radical (unpaired) electrons. The van der Waals surface area contributed by atoms with Crippen molar-refractivity contribution < 1.29 is 9.53 Å². The van der Waals surface area contributed by atoms with E-state index in [1.54, 1.807) is 12.0 Å². The van der Waals surface area contributed by atoms with Gasteiger partial charge < -0.3 is 15.0 Å². The molecule has 1 unspecified atom stereocenters. The quantitative estimate of drug-likeness (QED) is 0.548. The number of aromatic amines is 2. The van der Waals surface area contributed by atoms with Gasteiger partial charge in [0.15, 0.2) is 0 Å². The van der Waals surface area contributed by atoms with Crippen molar-refractivity contribution in [3.05, 3.63) is 68.5 Å². The lowest BCUT2D eigenvalue weighted by Crippen LogP contribution is -2.48. The fourth-order valence-corrected chi connectivity index (χ4v) is 3.50. The van der Waals surface area contributed by atoms with Crippen molar-refractivity contribution in [3.8, 4) is 5.75 Å². The van der Waals surface area contributed by atoms with Crippen LogP contribution in [0.4, 0.5) is 0 Å². The summed E-state index contributed by atoms with van der Waals surface area (Å²) in [5.41, 5.74) is 0.116. The van der Waals surface area contributed by atoms with Crippen LogP contribution >= 0.6 is 24.8 Å². The summed E-state index contributed by atoms with van der Waals surface area (Å²) in [6.07, 6.45) is 1.38. The maximum atomic E-state index is 13.2. The number of piperazine rings is 1. The summed E-state index contributed by atoms with van der Waals surface area (Å²) >= 11 is 0. The molecule has 1 aliphatic heterocycles. The average Bonchev–Trinajstić information content (AvgIpc) is 2.73. The highest BCUT2D eigenvalue weighted by molar-refractivity contribution is 5.97. The maximum Gasteiger partial charge on any atom is 0.327 e. The third-order valence-electron chi connectivity index (χ3n) is 4.84. The van der Waals surface area contributed by atoms with Gasteiger partial charge in [0.1, 0.15) is 11.4 Å². The number of amides is 1. The van der Waals surface area contributed by atoms with Gasteiger partial charge in [-0.2, -0.15) is 0 Å². The second-order valence-electron chi connectivity index (χ2n) is 6.49. The maximum absolute atomic E-state index is 13.2. The van der Waals surface area contributed by atoms with Crippen LogP contribution in [0.2, 0.25) is 0 Å². The minimum Gasteiger partial charge on any atom is -0.496 e. The molecule has 0 bridgehead atoms. The molecular formula is C19H21Cl2N5O4. The van der Waals surface area contributed by atoms with Crippen LogP contribution in [0, 0.1) is 0 Å². The molecule has 30 heavy (non-hydrogen) atoms. The number of nitrogens with zero attached hydrogens (tertiary/aromatic N) is 2. The largest absolute Gasteiger partial charge is 0.496 e. The van der Waals surface area contributed by atoms with Gasteiger partial charge in [0, 0.05) is 31.4 Å². The van der Waals surface area contributed by atoms with Crippen molar-refractivity contribution in [2.75, 3.05) is 26.7 Å². The van der Waals surface area contributed by atoms with Crippen molar-refractivity contribution in [1.29, 1.82) is 0 Å². The van der Waals surface area contributed by atoms with E-state index in [1.165, 1.54) is 12.3 Å². The minimum atomic E-state index is -0.637. The van der Waals surface area contributed by atoms with E-state index in [9.17, 15) is 14.4 Å². The van der Waals surface area contributed by atoms with Crippen LogP contribution in [-0.2, 0) is 0 Å². The Morgan fingerprint density at radius 2 is 1.97 bits per heavy atom. The summed E-state index contributed by atoms with van der Waals surface area (Å²) in [5.74, 6) is 0.470. The highest BCUT2D eigenvalue weighted by Crippen LogP contribution is 2.31. The third-order valence-corrected chi connectivity index (χ3v) is 4.84. The van der Waals surface area contributed by atoms with Crippen molar-refractivity contribution in [2.45, 2.75) is 6.04 Å². The fraction of sp³-hybridized carbons (Fsp3) is 0.263. The third kappa shape index (κ3) is 4.33. The Bertz CT molecular complexity index is 1160. The summed E-state index contributed by atoms with van der Waals surface area (Å²) in [6, 6.07) is 8.82. The predicted octanol–water partition coefficient (Wildman–Crippen LogP) is 1.25. The zero-order chi connectivity index (χ0) is 19.7. The Balaban J connectivity index is 0.00000160. The van der Waals surface area contributed by atoms with Crippen molar-refractivity contribution in [1.82, 2.24) is 25.2 Å². The molecule has 1 atom stereocenters. The fourth-order valence-electron chi connectivity index (χ4n) is 3.50. The summed E-state index contributed by atoms with van der Waals surface area (Å²) in [4.78, 5) is 47.1. The Morgan fingerprint density at radius 1 is 1.20 bits per heavy atom. The first-order valence-electron chi connectivity index (χ1n) is 8.85. The first-order valence-corrected chi connectivity index (χ1v) is 8.85. The van der Waals surface area contributed by atoms with E-state index in [2.05, 4.69) is 20.3 Å². The van der Waals surface area contributed by atoms with Crippen molar-refractivity contribution >= 4 is 41.8 Å². The number of hydrogen-bond donors (Lipinski definition) is 3. The average molecular weight is 454 g/mol. The van der Waals surface area contributed by atoms with Crippen LogP contribution in [0.15, 0.2) is 46.1 Å². The lowest BCUT2D eigenvalue weighted by molar-refractivity contribution is 0.0631.